The first kappa shape index (κ1) is 16.4. The van der Waals surface area contributed by atoms with E-state index >= 15 is 0 Å². The third-order valence-electron chi connectivity index (χ3n) is 4.64. The third-order valence-corrected chi connectivity index (χ3v) is 4.64. The quantitative estimate of drug-likeness (QED) is 0.756. The highest BCUT2D eigenvalue weighted by Crippen LogP contribution is 2.29. The molecule has 0 atom stereocenters. The number of benzene rings is 2. The van der Waals surface area contributed by atoms with Crippen molar-refractivity contribution in [1.82, 2.24) is 4.98 Å². The second-order valence-corrected chi connectivity index (χ2v) is 6.34. The zero-order valence-electron chi connectivity index (χ0n) is 14.7. The highest BCUT2D eigenvalue weighted by molar-refractivity contribution is 6.07. The molecule has 0 unspecified atom stereocenters. The van der Waals surface area contributed by atoms with E-state index in [9.17, 15) is 4.79 Å². The van der Waals surface area contributed by atoms with Crippen LogP contribution in [0.4, 0.5) is 11.4 Å². The monoisotopic (exact) mass is 347 g/mol. The Bertz CT molecular complexity index is 932. The summed E-state index contributed by atoms with van der Waals surface area (Å²) in [5.41, 5.74) is 3.79. The molecule has 0 bridgehead atoms. The van der Waals surface area contributed by atoms with Gasteiger partial charge < -0.3 is 14.6 Å². The molecule has 26 heavy (non-hydrogen) atoms. The molecule has 1 amide bonds. The Morgan fingerprint density at radius 1 is 1.23 bits per heavy atom. The number of carbonyl (C=O) groups excluding carboxylic acids is 1. The fourth-order valence-electron chi connectivity index (χ4n) is 3.24. The number of oxazole rings is 1. The summed E-state index contributed by atoms with van der Waals surface area (Å²) in [5, 5.41) is 3.28. The maximum absolute atomic E-state index is 12.9. The number of para-hydroxylation sites is 1. The number of nitrogens with zero attached hydrogens (tertiary/aromatic N) is 2. The minimum absolute atomic E-state index is 0.0305. The van der Waals surface area contributed by atoms with Crippen LogP contribution in [0.3, 0.4) is 0 Å². The average Bonchev–Trinajstić information content (AvgIpc) is 3.33. The van der Waals surface area contributed by atoms with E-state index in [0.717, 1.165) is 36.5 Å². The van der Waals surface area contributed by atoms with Gasteiger partial charge >= 0.3 is 0 Å². The fourth-order valence-corrected chi connectivity index (χ4v) is 3.24. The molecule has 5 heteroatoms. The van der Waals surface area contributed by atoms with Gasteiger partial charge in [-0.15, -0.1) is 0 Å². The van der Waals surface area contributed by atoms with Gasteiger partial charge in [-0.25, -0.2) is 4.98 Å². The van der Waals surface area contributed by atoms with Crippen molar-refractivity contribution in [2.24, 2.45) is 0 Å². The molecule has 0 saturated carbocycles. The Kier molecular flexibility index (Phi) is 4.44. The van der Waals surface area contributed by atoms with Crippen molar-refractivity contribution in [3.63, 3.8) is 0 Å². The van der Waals surface area contributed by atoms with Gasteiger partial charge in [-0.1, -0.05) is 31.2 Å². The predicted octanol–water partition coefficient (Wildman–Crippen LogP) is 4.05. The normalized spacial score (nSPS) is 12.9. The van der Waals surface area contributed by atoms with Crippen LogP contribution >= 0.6 is 0 Å². The number of carbonyl (C=O) groups is 1. The average molecular weight is 347 g/mol. The minimum atomic E-state index is 0.0305. The van der Waals surface area contributed by atoms with Gasteiger partial charge in [-0.2, -0.15) is 0 Å². The van der Waals surface area contributed by atoms with Crippen LogP contribution in [-0.2, 0) is 19.4 Å². The highest BCUT2D eigenvalue weighted by atomic mass is 16.4. The second-order valence-electron chi connectivity index (χ2n) is 6.34. The lowest BCUT2D eigenvalue weighted by molar-refractivity contribution is 0.0989. The van der Waals surface area contributed by atoms with Crippen molar-refractivity contribution < 1.29 is 9.21 Å². The molecule has 0 aliphatic carbocycles. The molecule has 3 aromatic rings. The van der Waals surface area contributed by atoms with Gasteiger partial charge in [0, 0.05) is 29.9 Å². The first-order chi connectivity index (χ1) is 12.7. The minimum Gasteiger partial charge on any atom is -0.444 e. The molecule has 1 N–H and O–H groups in total. The van der Waals surface area contributed by atoms with Crippen molar-refractivity contribution in [3.8, 4) is 0 Å². The molecular formula is C21H21N3O2. The summed E-state index contributed by atoms with van der Waals surface area (Å²) >= 11 is 0. The Morgan fingerprint density at radius 3 is 2.96 bits per heavy atom. The smallest absolute Gasteiger partial charge is 0.258 e. The summed E-state index contributed by atoms with van der Waals surface area (Å²) in [7, 11) is 0. The van der Waals surface area contributed by atoms with Crippen LogP contribution in [0.5, 0.6) is 0 Å². The molecule has 1 aliphatic heterocycles. The van der Waals surface area contributed by atoms with Crippen molar-refractivity contribution in [1.29, 1.82) is 0 Å². The summed E-state index contributed by atoms with van der Waals surface area (Å²) in [6.07, 6.45) is 3.49. The zero-order chi connectivity index (χ0) is 17.9. The lowest BCUT2D eigenvalue weighted by Crippen LogP contribution is -2.28. The standard InChI is InChI=1S/C21H21N3O2/c1-2-18-13-23-20(26-18)14-22-17-8-5-7-16(12-17)21(25)24-11-10-15-6-3-4-9-19(15)24/h3-9,12-13,22H,2,10-11,14H2,1H3. The van der Waals surface area contributed by atoms with Gasteiger partial charge in [0.2, 0.25) is 5.89 Å². The first-order valence-electron chi connectivity index (χ1n) is 8.92. The number of aryl methyl sites for hydroxylation is 1. The number of anilines is 2. The molecule has 2 aromatic carbocycles. The predicted molar refractivity (Wildman–Crippen MR) is 101 cm³/mol. The van der Waals surface area contributed by atoms with E-state index in [4.69, 9.17) is 4.42 Å². The molecule has 5 nitrogen and oxygen atoms in total. The maximum atomic E-state index is 12.9. The topological polar surface area (TPSA) is 58.4 Å². The van der Waals surface area contributed by atoms with E-state index in [1.54, 1.807) is 6.20 Å². The number of amides is 1. The van der Waals surface area contributed by atoms with Gasteiger partial charge in [0.25, 0.3) is 5.91 Å². The zero-order valence-corrected chi connectivity index (χ0v) is 14.7. The summed E-state index contributed by atoms with van der Waals surface area (Å²) < 4.78 is 5.60. The molecule has 0 fully saturated rings. The lowest BCUT2D eigenvalue weighted by Gasteiger charge is -2.18. The summed E-state index contributed by atoms with van der Waals surface area (Å²) in [6, 6.07) is 15.7. The van der Waals surface area contributed by atoms with Crippen molar-refractivity contribution in [3.05, 3.63) is 77.5 Å². The van der Waals surface area contributed by atoms with Crippen molar-refractivity contribution >= 4 is 17.3 Å². The van der Waals surface area contributed by atoms with E-state index in [1.807, 2.05) is 54.3 Å². The van der Waals surface area contributed by atoms with Gasteiger partial charge in [0.05, 0.1) is 12.7 Å². The Morgan fingerprint density at radius 2 is 2.12 bits per heavy atom. The van der Waals surface area contributed by atoms with Crippen molar-refractivity contribution in [2.75, 3.05) is 16.8 Å². The van der Waals surface area contributed by atoms with Crippen LogP contribution in [0.2, 0.25) is 0 Å². The molecule has 0 radical (unpaired) electrons. The van der Waals surface area contributed by atoms with Gasteiger partial charge in [0.15, 0.2) is 0 Å². The van der Waals surface area contributed by atoms with Crippen LogP contribution in [0, 0.1) is 0 Å². The highest BCUT2D eigenvalue weighted by Gasteiger charge is 2.25. The molecule has 0 spiro atoms. The fraction of sp³-hybridized carbons (Fsp3) is 0.238. The number of aromatic nitrogens is 1. The van der Waals surface area contributed by atoms with Crippen molar-refractivity contribution in [2.45, 2.75) is 26.3 Å². The number of fused-ring (bicyclic) bond motifs is 1. The van der Waals surface area contributed by atoms with E-state index in [1.165, 1.54) is 5.56 Å². The maximum Gasteiger partial charge on any atom is 0.258 e. The molecular weight excluding hydrogens is 326 g/mol. The van der Waals surface area contributed by atoms with Crippen LogP contribution in [0.1, 0.15) is 34.5 Å². The summed E-state index contributed by atoms with van der Waals surface area (Å²) in [4.78, 5) is 19.0. The van der Waals surface area contributed by atoms with Crippen LogP contribution < -0.4 is 10.2 Å². The molecule has 0 saturated heterocycles. The van der Waals surface area contributed by atoms with Crippen LogP contribution in [-0.4, -0.2) is 17.4 Å². The van der Waals surface area contributed by atoms with Crippen LogP contribution in [0.15, 0.2) is 59.1 Å². The van der Waals surface area contributed by atoms with Crippen LogP contribution in [0.25, 0.3) is 0 Å². The van der Waals surface area contributed by atoms with E-state index in [2.05, 4.69) is 16.4 Å². The third kappa shape index (κ3) is 3.20. The largest absolute Gasteiger partial charge is 0.444 e. The molecule has 1 aromatic heterocycles. The van der Waals surface area contributed by atoms with Gasteiger partial charge in [-0.3, -0.25) is 4.79 Å². The van der Waals surface area contributed by atoms with E-state index < -0.39 is 0 Å². The Hall–Kier alpha value is -3.08. The van der Waals surface area contributed by atoms with Gasteiger partial charge in [0.1, 0.15) is 5.76 Å². The first-order valence-corrected chi connectivity index (χ1v) is 8.92. The molecule has 1 aliphatic rings. The number of hydrogen-bond donors (Lipinski definition) is 1. The van der Waals surface area contributed by atoms with Gasteiger partial charge in [-0.05, 0) is 36.2 Å². The number of hydrogen-bond acceptors (Lipinski definition) is 4. The number of rotatable bonds is 5. The molecule has 132 valence electrons. The summed E-state index contributed by atoms with van der Waals surface area (Å²) in [6.45, 7) is 3.25. The Balaban J connectivity index is 1.48. The SMILES string of the molecule is CCc1cnc(CNc2cccc(C(=O)N3CCc4ccccc43)c2)o1. The number of nitrogens with one attached hydrogen (secondary N) is 1. The Labute approximate surface area is 152 Å². The summed E-state index contributed by atoms with van der Waals surface area (Å²) in [5.74, 6) is 1.55. The van der Waals surface area contributed by atoms with E-state index in [-0.39, 0.29) is 5.91 Å². The second kappa shape index (κ2) is 7.04. The van der Waals surface area contributed by atoms with E-state index in [0.29, 0.717) is 18.0 Å². The molecule has 4 rings (SSSR count). The lowest BCUT2D eigenvalue weighted by atomic mass is 10.1. The molecule has 2 heterocycles.